The van der Waals surface area contributed by atoms with E-state index >= 15 is 0 Å². The molecular weight excluding hydrogens is 426 g/mol. The summed E-state index contributed by atoms with van der Waals surface area (Å²) >= 11 is 4.86. The number of amides is 1. The zero-order valence-corrected chi connectivity index (χ0v) is 17.3. The molecule has 2 aromatic heterocycles. The third kappa shape index (κ3) is 4.28. The highest BCUT2D eigenvalue weighted by Gasteiger charge is 2.28. The largest absolute Gasteiger partial charge is 0.298 e. The lowest BCUT2D eigenvalue weighted by molar-refractivity contribution is 0.102. The van der Waals surface area contributed by atoms with E-state index in [0.717, 1.165) is 41.8 Å². The predicted molar refractivity (Wildman–Crippen MR) is 110 cm³/mol. The van der Waals surface area contributed by atoms with Crippen molar-refractivity contribution in [2.75, 3.05) is 11.9 Å². The Kier molecular flexibility index (Phi) is 5.38. The summed E-state index contributed by atoms with van der Waals surface area (Å²) in [4.78, 5) is 19.5. The Hall–Kier alpha value is -2.03. The first-order chi connectivity index (χ1) is 13.1. The number of carbonyl (C=O) groups is 1. The molecule has 1 saturated heterocycles. The van der Waals surface area contributed by atoms with E-state index in [1.165, 1.54) is 11.3 Å². The van der Waals surface area contributed by atoms with Crippen molar-refractivity contribution in [2.24, 2.45) is 7.05 Å². The topological polar surface area (TPSA) is 63.0 Å². The SMILES string of the molecule is Cn1ccc(CN2CCC[C@H]2c2csc(NC(=O)c3ccc(Br)cc3)n2)n1. The Morgan fingerprint density at radius 2 is 2.15 bits per heavy atom. The molecule has 6 nitrogen and oxygen atoms in total. The van der Waals surface area contributed by atoms with Gasteiger partial charge in [0, 0.05) is 35.2 Å². The van der Waals surface area contributed by atoms with Gasteiger partial charge in [-0.2, -0.15) is 5.10 Å². The number of halogens is 1. The highest BCUT2D eigenvalue weighted by Crippen LogP contribution is 2.34. The molecule has 0 radical (unpaired) electrons. The van der Waals surface area contributed by atoms with Crippen LogP contribution in [0.3, 0.4) is 0 Å². The molecule has 1 atom stereocenters. The van der Waals surface area contributed by atoms with Gasteiger partial charge in [-0.15, -0.1) is 11.3 Å². The Morgan fingerprint density at radius 1 is 1.33 bits per heavy atom. The third-order valence-corrected chi connectivity index (χ3v) is 5.99. The minimum Gasteiger partial charge on any atom is -0.298 e. The van der Waals surface area contributed by atoms with Crippen molar-refractivity contribution in [1.29, 1.82) is 0 Å². The van der Waals surface area contributed by atoms with Crippen LogP contribution in [-0.2, 0) is 13.6 Å². The van der Waals surface area contributed by atoms with Crippen molar-refractivity contribution in [3.8, 4) is 0 Å². The van der Waals surface area contributed by atoms with E-state index in [1.807, 2.05) is 30.1 Å². The quantitative estimate of drug-likeness (QED) is 0.637. The van der Waals surface area contributed by atoms with Crippen LogP contribution in [0.25, 0.3) is 0 Å². The molecule has 1 aliphatic rings. The van der Waals surface area contributed by atoms with Gasteiger partial charge >= 0.3 is 0 Å². The molecule has 140 valence electrons. The summed E-state index contributed by atoms with van der Waals surface area (Å²) in [6.45, 7) is 1.86. The number of likely N-dealkylation sites (tertiary alicyclic amines) is 1. The molecule has 4 rings (SSSR count). The van der Waals surface area contributed by atoms with Gasteiger partial charge in [0.05, 0.1) is 17.4 Å². The van der Waals surface area contributed by atoms with Gasteiger partial charge in [-0.05, 0) is 49.7 Å². The summed E-state index contributed by atoms with van der Waals surface area (Å²) in [6, 6.07) is 9.63. The van der Waals surface area contributed by atoms with E-state index < -0.39 is 0 Å². The number of carbonyl (C=O) groups excluding carboxylic acids is 1. The second-order valence-corrected chi connectivity index (χ2v) is 8.42. The van der Waals surface area contributed by atoms with Crippen LogP contribution in [0.1, 0.15) is 40.6 Å². The Bertz CT molecular complexity index is 936. The highest BCUT2D eigenvalue weighted by molar-refractivity contribution is 9.10. The molecule has 1 fully saturated rings. The molecule has 27 heavy (non-hydrogen) atoms. The molecule has 0 unspecified atom stereocenters. The average Bonchev–Trinajstić information content (AvgIpc) is 3.37. The summed E-state index contributed by atoms with van der Waals surface area (Å²) in [5.74, 6) is -0.139. The van der Waals surface area contributed by atoms with Gasteiger partial charge in [0.1, 0.15) is 0 Å². The van der Waals surface area contributed by atoms with Gasteiger partial charge in [0.2, 0.25) is 0 Å². The minimum absolute atomic E-state index is 0.139. The zero-order valence-electron chi connectivity index (χ0n) is 14.9. The first-order valence-corrected chi connectivity index (χ1v) is 10.5. The predicted octanol–water partition coefficient (Wildman–Crippen LogP) is 4.23. The van der Waals surface area contributed by atoms with Crippen molar-refractivity contribution in [1.82, 2.24) is 19.7 Å². The van der Waals surface area contributed by atoms with E-state index in [9.17, 15) is 4.79 Å². The van der Waals surface area contributed by atoms with Gasteiger partial charge in [0.15, 0.2) is 5.13 Å². The van der Waals surface area contributed by atoms with E-state index in [1.54, 1.807) is 12.1 Å². The fraction of sp³-hybridized carbons (Fsp3) is 0.316. The monoisotopic (exact) mass is 445 g/mol. The molecule has 1 amide bonds. The van der Waals surface area contributed by atoms with Crippen LogP contribution < -0.4 is 5.32 Å². The van der Waals surface area contributed by atoms with E-state index in [0.29, 0.717) is 10.7 Å². The molecule has 3 heterocycles. The smallest absolute Gasteiger partial charge is 0.257 e. The number of rotatable bonds is 5. The number of anilines is 1. The zero-order chi connectivity index (χ0) is 18.8. The molecule has 0 saturated carbocycles. The first-order valence-electron chi connectivity index (χ1n) is 8.83. The van der Waals surface area contributed by atoms with Crippen LogP contribution in [0, 0.1) is 0 Å². The van der Waals surface area contributed by atoms with Crippen LogP contribution >= 0.6 is 27.3 Å². The third-order valence-electron chi connectivity index (χ3n) is 4.69. The van der Waals surface area contributed by atoms with Crippen LogP contribution in [0.4, 0.5) is 5.13 Å². The van der Waals surface area contributed by atoms with E-state index in [4.69, 9.17) is 0 Å². The van der Waals surface area contributed by atoms with Crippen molar-refractivity contribution < 1.29 is 4.79 Å². The van der Waals surface area contributed by atoms with Crippen molar-refractivity contribution in [3.63, 3.8) is 0 Å². The number of hydrogen-bond donors (Lipinski definition) is 1. The summed E-state index contributed by atoms with van der Waals surface area (Å²) in [6.07, 6.45) is 4.20. The number of aryl methyl sites for hydroxylation is 1. The summed E-state index contributed by atoms with van der Waals surface area (Å²) in [7, 11) is 1.94. The van der Waals surface area contributed by atoms with Crippen molar-refractivity contribution in [2.45, 2.75) is 25.4 Å². The maximum atomic E-state index is 12.4. The lowest BCUT2D eigenvalue weighted by Gasteiger charge is -2.21. The highest BCUT2D eigenvalue weighted by atomic mass is 79.9. The molecular formula is C19H20BrN5OS. The molecule has 0 aliphatic carbocycles. The number of hydrogen-bond acceptors (Lipinski definition) is 5. The standard InChI is InChI=1S/C19H20BrN5OS/c1-24-10-8-15(23-24)11-25-9-2-3-17(25)16-12-27-19(21-16)22-18(26)13-4-6-14(20)7-5-13/h4-8,10,12,17H,2-3,9,11H2,1H3,(H,21,22,26)/t17-/m0/s1. The van der Waals surface area contributed by atoms with E-state index in [-0.39, 0.29) is 11.9 Å². The molecule has 0 spiro atoms. The maximum absolute atomic E-state index is 12.4. The van der Waals surface area contributed by atoms with E-state index in [2.05, 4.69) is 47.7 Å². The van der Waals surface area contributed by atoms with Crippen LogP contribution in [0.5, 0.6) is 0 Å². The molecule has 8 heteroatoms. The lowest BCUT2D eigenvalue weighted by atomic mass is 10.1. The number of thiazole rings is 1. The summed E-state index contributed by atoms with van der Waals surface area (Å²) in [5, 5.41) is 10.1. The van der Waals surface area contributed by atoms with Crippen molar-refractivity contribution in [3.05, 3.63) is 63.3 Å². The van der Waals surface area contributed by atoms with Crippen molar-refractivity contribution >= 4 is 38.3 Å². The normalized spacial score (nSPS) is 17.3. The lowest BCUT2D eigenvalue weighted by Crippen LogP contribution is -2.23. The summed E-state index contributed by atoms with van der Waals surface area (Å²) in [5.41, 5.74) is 2.72. The minimum atomic E-state index is -0.139. The Morgan fingerprint density at radius 3 is 2.89 bits per heavy atom. The molecule has 1 N–H and O–H groups in total. The molecule has 3 aromatic rings. The molecule has 0 bridgehead atoms. The average molecular weight is 446 g/mol. The fourth-order valence-corrected chi connectivity index (χ4v) is 4.39. The number of benzene rings is 1. The van der Waals surface area contributed by atoms with Gasteiger partial charge in [-0.1, -0.05) is 15.9 Å². The maximum Gasteiger partial charge on any atom is 0.257 e. The number of nitrogens with one attached hydrogen (secondary N) is 1. The Labute approximate surface area is 170 Å². The van der Waals surface area contributed by atoms with Crippen LogP contribution in [0.2, 0.25) is 0 Å². The molecule has 1 aromatic carbocycles. The number of nitrogens with zero attached hydrogens (tertiary/aromatic N) is 4. The van der Waals surface area contributed by atoms with Gasteiger partial charge in [-0.3, -0.25) is 19.7 Å². The Balaban J connectivity index is 1.43. The van der Waals surface area contributed by atoms with Gasteiger partial charge in [0.25, 0.3) is 5.91 Å². The molecule has 1 aliphatic heterocycles. The van der Waals surface area contributed by atoms with Crippen LogP contribution in [0.15, 0.2) is 46.4 Å². The summed E-state index contributed by atoms with van der Waals surface area (Å²) < 4.78 is 2.78. The first kappa shape index (κ1) is 18.3. The number of aromatic nitrogens is 3. The van der Waals surface area contributed by atoms with Gasteiger partial charge in [-0.25, -0.2) is 4.98 Å². The van der Waals surface area contributed by atoms with Crippen LogP contribution in [-0.4, -0.2) is 32.1 Å². The van der Waals surface area contributed by atoms with Gasteiger partial charge < -0.3 is 0 Å². The second kappa shape index (κ2) is 7.92. The fourth-order valence-electron chi connectivity index (χ4n) is 3.37. The second-order valence-electron chi connectivity index (χ2n) is 6.65.